The molecule has 0 atom stereocenters. The molecule has 1 amide bonds. The standard InChI is InChI=1S/C20H21NO5/c1-21(12-16-5-3-2-4-6-16)19(22)13-24-20(23)10-8-15-7-9-17-18(11-15)26-14-25-17/h2-7,9,11H,8,10,12-14H2,1H3. The lowest BCUT2D eigenvalue weighted by molar-refractivity contribution is -0.151. The van der Waals surface area contributed by atoms with Crippen LogP contribution in [0.3, 0.4) is 0 Å². The molecule has 0 saturated carbocycles. The summed E-state index contributed by atoms with van der Waals surface area (Å²) in [4.78, 5) is 25.5. The van der Waals surface area contributed by atoms with E-state index in [0.29, 0.717) is 24.5 Å². The zero-order valence-corrected chi connectivity index (χ0v) is 14.6. The molecule has 0 aliphatic carbocycles. The summed E-state index contributed by atoms with van der Waals surface area (Å²) >= 11 is 0. The minimum absolute atomic E-state index is 0.204. The van der Waals surface area contributed by atoms with Crippen molar-refractivity contribution in [1.29, 1.82) is 0 Å². The molecule has 6 heteroatoms. The molecule has 0 fully saturated rings. The fourth-order valence-corrected chi connectivity index (χ4v) is 2.61. The Balaban J connectivity index is 1.40. The quantitative estimate of drug-likeness (QED) is 0.714. The van der Waals surface area contributed by atoms with Crippen molar-refractivity contribution in [2.45, 2.75) is 19.4 Å². The Morgan fingerprint density at radius 1 is 1.04 bits per heavy atom. The van der Waals surface area contributed by atoms with Crippen LogP contribution >= 0.6 is 0 Å². The summed E-state index contributed by atoms with van der Waals surface area (Å²) in [7, 11) is 1.69. The van der Waals surface area contributed by atoms with E-state index in [1.807, 2.05) is 48.5 Å². The summed E-state index contributed by atoms with van der Waals surface area (Å²) < 4.78 is 15.7. The molecule has 0 unspecified atom stereocenters. The van der Waals surface area contributed by atoms with E-state index >= 15 is 0 Å². The third-order valence-corrected chi connectivity index (χ3v) is 4.10. The van der Waals surface area contributed by atoms with Crippen LogP contribution in [0, 0.1) is 0 Å². The van der Waals surface area contributed by atoms with Crippen molar-refractivity contribution in [3.63, 3.8) is 0 Å². The van der Waals surface area contributed by atoms with Gasteiger partial charge in [-0.3, -0.25) is 9.59 Å². The summed E-state index contributed by atoms with van der Waals surface area (Å²) in [5, 5.41) is 0. The van der Waals surface area contributed by atoms with Crippen LogP contribution in [0.15, 0.2) is 48.5 Å². The van der Waals surface area contributed by atoms with Crippen molar-refractivity contribution in [3.8, 4) is 11.5 Å². The number of aryl methyl sites for hydroxylation is 1. The van der Waals surface area contributed by atoms with E-state index in [2.05, 4.69) is 0 Å². The van der Waals surface area contributed by atoms with Crippen molar-refractivity contribution in [3.05, 3.63) is 59.7 Å². The molecule has 1 aliphatic rings. The second kappa shape index (κ2) is 8.38. The zero-order valence-electron chi connectivity index (χ0n) is 14.6. The van der Waals surface area contributed by atoms with Gasteiger partial charge in [-0.05, 0) is 29.7 Å². The first kappa shape index (κ1) is 17.8. The number of likely N-dealkylation sites (N-methyl/N-ethyl adjacent to an activating group) is 1. The number of hydrogen-bond donors (Lipinski definition) is 0. The molecular weight excluding hydrogens is 334 g/mol. The van der Waals surface area contributed by atoms with Gasteiger partial charge in [-0.1, -0.05) is 36.4 Å². The predicted molar refractivity (Wildman–Crippen MR) is 94.8 cm³/mol. The lowest BCUT2D eigenvalue weighted by Gasteiger charge is -2.17. The molecule has 6 nitrogen and oxygen atoms in total. The van der Waals surface area contributed by atoms with Gasteiger partial charge in [0.1, 0.15) is 0 Å². The van der Waals surface area contributed by atoms with Gasteiger partial charge in [0.05, 0.1) is 0 Å². The molecular formula is C20H21NO5. The van der Waals surface area contributed by atoms with E-state index in [-0.39, 0.29) is 25.7 Å². The second-order valence-corrected chi connectivity index (χ2v) is 6.08. The molecule has 0 spiro atoms. The molecule has 0 saturated heterocycles. The molecule has 136 valence electrons. The number of carbonyl (C=O) groups excluding carboxylic acids is 2. The van der Waals surface area contributed by atoms with Crippen LogP contribution in [-0.2, 0) is 27.3 Å². The molecule has 26 heavy (non-hydrogen) atoms. The Hall–Kier alpha value is -3.02. The zero-order chi connectivity index (χ0) is 18.4. The number of fused-ring (bicyclic) bond motifs is 1. The van der Waals surface area contributed by atoms with Gasteiger partial charge < -0.3 is 19.1 Å². The van der Waals surface area contributed by atoms with Crippen molar-refractivity contribution in [2.75, 3.05) is 20.4 Å². The van der Waals surface area contributed by atoms with Crippen molar-refractivity contribution < 1.29 is 23.8 Å². The van der Waals surface area contributed by atoms with Gasteiger partial charge in [0.25, 0.3) is 5.91 Å². The summed E-state index contributed by atoms with van der Waals surface area (Å²) in [6, 6.07) is 15.2. The number of ether oxygens (including phenoxy) is 3. The largest absolute Gasteiger partial charge is 0.456 e. The van der Waals surface area contributed by atoms with Gasteiger partial charge in [-0.2, -0.15) is 0 Å². The van der Waals surface area contributed by atoms with E-state index < -0.39 is 5.97 Å². The highest BCUT2D eigenvalue weighted by Crippen LogP contribution is 2.32. The first-order valence-corrected chi connectivity index (χ1v) is 8.44. The van der Waals surface area contributed by atoms with E-state index in [1.165, 1.54) is 0 Å². The van der Waals surface area contributed by atoms with Crippen LogP contribution in [0.1, 0.15) is 17.5 Å². The van der Waals surface area contributed by atoms with Crippen LogP contribution in [0.4, 0.5) is 0 Å². The number of benzene rings is 2. The SMILES string of the molecule is CN(Cc1ccccc1)C(=O)COC(=O)CCc1ccc2c(c1)OCO2. The molecule has 3 rings (SSSR count). The maximum atomic E-state index is 12.1. The Labute approximate surface area is 152 Å². The third-order valence-electron chi connectivity index (χ3n) is 4.10. The fourth-order valence-electron chi connectivity index (χ4n) is 2.61. The number of hydrogen-bond acceptors (Lipinski definition) is 5. The average Bonchev–Trinajstić information content (AvgIpc) is 3.13. The molecule has 0 radical (unpaired) electrons. The second-order valence-electron chi connectivity index (χ2n) is 6.08. The van der Waals surface area contributed by atoms with Gasteiger partial charge in [-0.15, -0.1) is 0 Å². The monoisotopic (exact) mass is 355 g/mol. The molecule has 0 bridgehead atoms. The van der Waals surface area contributed by atoms with Crippen LogP contribution < -0.4 is 9.47 Å². The number of amides is 1. The van der Waals surface area contributed by atoms with Gasteiger partial charge >= 0.3 is 5.97 Å². The Morgan fingerprint density at radius 2 is 1.81 bits per heavy atom. The summed E-state index contributed by atoms with van der Waals surface area (Å²) in [6.45, 7) is 0.456. The average molecular weight is 355 g/mol. The fraction of sp³-hybridized carbons (Fsp3) is 0.300. The van der Waals surface area contributed by atoms with Crippen molar-refractivity contribution in [1.82, 2.24) is 4.90 Å². The molecule has 2 aromatic carbocycles. The predicted octanol–water partition coefficient (Wildman–Crippen LogP) is 2.55. The molecule has 0 aromatic heterocycles. The van der Waals surface area contributed by atoms with E-state index in [4.69, 9.17) is 14.2 Å². The van der Waals surface area contributed by atoms with E-state index in [9.17, 15) is 9.59 Å². The molecule has 0 N–H and O–H groups in total. The lowest BCUT2D eigenvalue weighted by Crippen LogP contribution is -2.30. The maximum Gasteiger partial charge on any atom is 0.306 e. The van der Waals surface area contributed by atoms with Gasteiger partial charge in [0, 0.05) is 20.0 Å². The number of nitrogens with zero attached hydrogens (tertiary/aromatic N) is 1. The van der Waals surface area contributed by atoms with Crippen LogP contribution in [0.5, 0.6) is 11.5 Å². The minimum atomic E-state index is -0.399. The first-order chi connectivity index (χ1) is 12.6. The van der Waals surface area contributed by atoms with Gasteiger partial charge in [-0.25, -0.2) is 0 Å². The van der Waals surface area contributed by atoms with Gasteiger partial charge in [0.15, 0.2) is 18.1 Å². The first-order valence-electron chi connectivity index (χ1n) is 8.44. The summed E-state index contributed by atoms with van der Waals surface area (Å²) in [6.07, 6.45) is 0.721. The molecule has 2 aromatic rings. The Morgan fingerprint density at radius 3 is 2.62 bits per heavy atom. The normalized spacial score (nSPS) is 11.9. The van der Waals surface area contributed by atoms with Gasteiger partial charge in [0.2, 0.25) is 6.79 Å². The number of carbonyl (C=O) groups is 2. The summed E-state index contributed by atoms with van der Waals surface area (Å²) in [5.74, 6) is 0.770. The Kier molecular flexibility index (Phi) is 5.73. The van der Waals surface area contributed by atoms with Crippen LogP contribution in [0.25, 0.3) is 0 Å². The minimum Gasteiger partial charge on any atom is -0.456 e. The maximum absolute atomic E-state index is 12.1. The third kappa shape index (κ3) is 4.75. The topological polar surface area (TPSA) is 65.1 Å². The van der Waals surface area contributed by atoms with E-state index in [1.54, 1.807) is 11.9 Å². The van der Waals surface area contributed by atoms with Crippen molar-refractivity contribution >= 4 is 11.9 Å². The van der Waals surface area contributed by atoms with Crippen LogP contribution in [0.2, 0.25) is 0 Å². The number of rotatable bonds is 7. The molecule has 1 heterocycles. The summed E-state index contributed by atoms with van der Waals surface area (Å²) in [5.41, 5.74) is 1.98. The Bertz CT molecular complexity index is 775. The highest BCUT2D eigenvalue weighted by Gasteiger charge is 2.15. The molecule has 1 aliphatic heterocycles. The smallest absolute Gasteiger partial charge is 0.306 e. The van der Waals surface area contributed by atoms with Crippen molar-refractivity contribution in [2.24, 2.45) is 0 Å². The highest BCUT2D eigenvalue weighted by atomic mass is 16.7. The highest BCUT2D eigenvalue weighted by molar-refractivity contribution is 5.80. The van der Waals surface area contributed by atoms with E-state index in [0.717, 1.165) is 11.1 Å². The number of esters is 1. The van der Waals surface area contributed by atoms with Crippen LogP contribution in [-0.4, -0.2) is 37.2 Å². The lowest BCUT2D eigenvalue weighted by atomic mass is 10.1.